The first kappa shape index (κ1) is 23.5. The summed E-state index contributed by atoms with van der Waals surface area (Å²) in [4.78, 5) is 50.2. The molecule has 2 heterocycles. The van der Waals surface area contributed by atoms with Crippen LogP contribution in [0.3, 0.4) is 0 Å². The molecule has 1 aromatic rings. The number of hydrogen-bond acceptors (Lipinski definition) is 6. The zero-order valence-corrected chi connectivity index (χ0v) is 17.8. The molecule has 2 aliphatic rings. The first-order valence-corrected chi connectivity index (χ1v) is 10.8. The number of nitrogens with two attached hydrogens (primary N) is 1. The third-order valence-electron chi connectivity index (χ3n) is 5.16. The van der Waals surface area contributed by atoms with E-state index in [-0.39, 0.29) is 18.7 Å². The van der Waals surface area contributed by atoms with Gasteiger partial charge >= 0.3 is 0 Å². The van der Waals surface area contributed by atoms with Crippen LogP contribution in [0.1, 0.15) is 79.5 Å². The number of nitrogens with zero attached hydrogens (tertiary/aromatic N) is 1. The molecule has 2 aliphatic heterocycles. The highest BCUT2D eigenvalue weighted by molar-refractivity contribution is 6.25. The summed E-state index contributed by atoms with van der Waals surface area (Å²) in [5.41, 5.74) is 6.69. The van der Waals surface area contributed by atoms with Crippen molar-refractivity contribution in [1.29, 1.82) is 0 Å². The van der Waals surface area contributed by atoms with Gasteiger partial charge in [0.2, 0.25) is 11.8 Å². The Labute approximate surface area is 177 Å². The monoisotopic (exact) mass is 416 g/mol. The highest BCUT2D eigenvalue weighted by Crippen LogP contribution is 2.32. The van der Waals surface area contributed by atoms with Crippen molar-refractivity contribution in [3.8, 4) is 0 Å². The fourth-order valence-corrected chi connectivity index (χ4v) is 3.68. The molecule has 1 fully saturated rings. The molecule has 4 amide bonds. The van der Waals surface area contributed by atoms with Gasteiger partial charge in [0.05, 0.1) is 11.1 Å². The number of carbonyl (C=O) groups is 4. The predicted octanol–water partition coefficient (Wildman–Crippen LogP) is 2.44. The number of fused-ring (bicyclic) bond motifs is 1. The van der Waals surface area contributed by atoms with E-state index in [0.717, 1.165) is 37.0 Å². The van der Waals surface area contributed by atoms with Gasteiger partial charge in [0, 0.05) is 18.7 Å². The van der Waals surface area contributed by atoms with Crippen molar-refractivity contribution >= 4 is 29.3 Å². The Morgan fingerprint density at radius 2 is 1.73 bits per heavy atom. The van der Waals surface area contributed by atoms with E-state index in [1.165, 1.54) is 0 Å². The van der Waals surface area contributed by atoms with Gasteiger partial charge in [-0.25, -0.2) is 0 Å². The summed E-state index contributed by atoms with van der Waals surface area (Å²) in [6, 6.07) is 4.15. The number of rotatable bonds is 9. The van der Waals surface area contributed by atoms with Gasteiger partial charge < -0.3 is 11.1 Å². The summed E-state index contributed by atoms with van der Waals surface area (Å²) in [5.74, 6) is -1.95. The first-order chi connectivity index (χ1) is 14.5. The van der Waals surface area contributed by atoms with Gasteiger partial charge in [-0.1, -0.05) is 39.2 Å². The van der Waals surface area contributed by atoms with E-state index in [0.29, 0.717) is 29.9 Å². The van der Waals surface area contributed by atoms with Crippen LogP contribution < -0.4 is 16.4 Å². The van der Waals surface area contributed by atoms with E-state index in [9.17, 15) is 19.2 Å². The van der Waals surface area contributed by atoms with Crippen molar-refractivity contribution in [2.45, 2.75) is 64.8 Å². The molecule has 8 nitrogen and oxygen atoms in total. The molecule has 0 aromatic heterocycles. The zero-order chi connectivity index (χ0) is 22.1. The molecule has 0 saturated carbocycles. The van der Waals surface area contributed by atoms with Gasteiger partial charge in [0.15, 0.2) is 0 Å². The summed E-state index contributed by atoms with van der Waals surface area (Å²) >= 11 is 0. The van der Waals surface area contributed by atoms with Crippen molar-refractivity contribution in [1.82, 2.24) is 10.2 Å². The number of benzene rings is 1. The zero-order valence-electron chi connectivity index (χ0n) is 17.8. The first-order valence-electron chi connectivity index (χ1n) is 10.8. The summed E-state index contributed by atoms with van der Waals surface area (Å²) < 4.78 is 0. The minimum absolute atomic E-state index is 0.110. The van der Waals surface area contributed by atoms with Crippen LogP contribution in [0, 0.1) is 0 Å². The molecule has 1 aromatic carbocycles. The Morgan fingerprint density at radius 3 is 2.43 bits per heavy atom. The van der Waals surface area contributed by atoms with Gasteiger partial charge in [0.25, 0.3) is 11.8 Å². The van der Waals surface area contributed by atoms with E-state index in [1.54, 1.807) is 18.2 Å². The van der Waals surface area contributed by atoms with Gasteiger partial charge in [0.1, 0.15) is 6.04 Å². The predicted molar refractivity (Wildman–Crippen MR) is 115 cm³/mol. The Morgan fingerprint density at radius 1 is 1.03 bits per heavy atom. The largest absolute Gasteiger partial charge is 0.384 e. The lowest BCUT2D eigenvalue weighted by Crippen LogP contribution is -2.54. The number of anilines is 1. The fourth-order valence-electron chi connectivity index (χ4n) is 3.68. The molecule has 0 bridgehead atoms. The molecular formula is C22H32N4O4. The second kappa shape index (κ2) is 11.4. The minimum atomic E-state index is -0.944. The molecule has 30 heavy (non-hydrogen) atoms. The van der Waals surface area contributed by atoms with Crippen molar-refractivity contribution in [3.63, 3.8) is 0 Å². The molecule has 3 rings (SSSR count). The van der Waals surface area contributed by atoms with Crippen LogP contribution in [0.25, 0.3) is 0 Å². The molecule has 1 saturated heterocycles. The second-order valence-electron chi connectivity index (χ2n) is 7.16. The van der Waals surface area contributed by atoms with Crippen molar-refractivity contribution in [2.75, 3.05) is 18.4 Å². The van der Waals surface area contributed by atoms with E-state index in [2.05, 4.69) is 10.6 Å². The van der Waals surface area contributed by atoms with Crippen LogP contribution in [-0.4, -0.2) is 47.7 Å². The lowest BCUT2D eigenvalue weighted by atomic mass is 10.0. The summed E-state index contributed by atoms with van der Waals surface area (Å²) in [5, 5.41) is 5.45. The maximum Gasteiger partial charge on any atom is 0.264 e. The van der Waals surface area contributed by atoms with Crippen LogP contribution in [0.2, 0.25) is 0 Å². The molecule has 164 valence electrons. The number of imide groups is 2. The van der Waals surface area contributed by atoms with E-state index in [1.807, 2.05) is 13.8 Å². The number of nitrogens with one attached hydrogen (secondary N) is 2. The molecule has 1 atom stereocenters. The smallest absolute Gasteiger partial charge is 0.264 e. The van der Waals surface area contributed by atoms with Crippen molar-refractivity contribution in [2.24, 2.45) is 5.73 Å². The average Bonchev–Trinajstić information content (AvgIpc) is 3.00. The molecule has 1 unspecified atom stereocenters. The van der Waals surface area contributed by atoms with E-state index in [4.69, 9.17) is 5.73 Å². The lowest BCUT2D eigenvalue weighted by molar-refractivity contribution is -0.136. The normalized spacial score (nSPS) is 18.0. The van der Waals surface area contributed by atoms with Crippen molar-refractivity contribution < 1.29 is 19.2 Å². The third kappa shape index (κ3) is 5.24. The minimum Gasteiger partial charge on any atom is -0.384 e. The van der Waals surface area contributed by atoms with E-state index >= 15 is 0 Å². The molecule has 0 aliphatic carbocycles. The average molecular weight is 417 g/mol. The van der Waals surface area contributed by atoms with Crippen LogP contribution in [0.15, 0.2) is 18.2 Å². The second-order valence-corrected chi connectivity index (χ2v) is 7.16. The van der Waals surface area contributed by atoms with Gasteiger partial charge in [-0.2, -0.15) is 0 Å². The number of piperidine rings is 1. The maximum atomic E-state index is 12.9. The molecular weight excluding hydrogens is 384 g/mol. The molecule has 8 heteroatoms. The molecule has 0 spiro atoms. The highest BCUT2D eigenvalue weighted by atomic mass is 16.2. The van der Waals surface area contributed by atoms with Crippen LogP contribution >= 0.6 is 0 Å². The number of amides is 4. The number of carbonyl (C=O) groups excluding carboxylic acids is 4. The molecule has 4 N–H and O–H groups in total. The Hall–Kier alpha value is -2.74. The van der Waals surface area contributed by atoms with Crippen LogP contribution in [0.4, 0.5) is 5.69 Å². The lowest BCUT2D eigenvalue weighted by Gasteiger charge is -2.27. The van der Waals surface area contributed by atoms with Crippen LogP contribution in [0.5, 0.6) is 0 Å². The van der Waals surface area contributed by atoms with Crippen LogP contribution in [-0.2, 0) is 9.59 Å². The molecule has 0 radical (unpaired) electrons. The van der Waals surface area contributed by atoms with Gasteiger partial charge in [-0.05, 0) is 37.9 Å². The SMILES string of the molecule is CC.NCCCCCCCNc1cccc2c1C(=O)N(C1CCC(=O)NC1=O)C2=O. The fraction of sp³-hybridized carbons (Fsp3) is 0.545. The van der Waals surface area contributed by atoms with E-state index < -0.39 is 23.8 Å². The highest BCUT2D eigenvalue weighted by Gasteiger charge is 2.45. The number of hydrogen-bond donors (Lipinski definition) is 3. The van der Waals surface area contributed by atoms with Gasteiger partial charge in [-0.15, -0.1) is 0 Å². The summed E-state index contributed by atoms with van der Waals surface area (Å²) in [6.07, 6.45) is 5.55. The Balaban J connectivity index is 0.00000155. The number of unbranched alkanes of at least 4 members (excludes halogenated alkanes) is 4. The van der Waals surface area contributed by atoms with Crippen molar-refractivity contribution in [3.05, 3.63) is 29.3 Å². The topological polar surface area (TPSA) is 122 Å². The Bertz CT molecular complexity index is 793. The standard InChI is InChI=1S/C20H26N4O4.C2H6/c21-11-4-2-1-3-5-12-22-14-8-6-7-13-17(14)20(28)24(19(13)27)15-9-10-16(25)23-18(15)26;1-2/h6-8,15,22H,1-5,9-12,21H2,(H,23,25,26);1-2H3. The summed E-state index contributed by atoms with van der Waals surface area (Å²) in [7, 11) is 0. The van der Waals surface area contributed by atoms with Gasteiger partial charge in [-0.3, -0.25) is 29.4 Å². The Kier molecular flexibility index (Phi) is 8.98. The summed E-state index contributed by atoms with van der Waals surface area (Å²) in [6.45, 7) is 5.41. The quantitative estimate of drug-likeness (QED) is 0.420. The maximum absolute atomic E-state index is 12.9. The third-order valence-corrected chi connectivity index (χ3v) is 5.16.